The first-order valence-electron chi connectivity index (χ1n) is 6.45. The van der Waals surface area contributed by atoms with Gasteiger partial charge >= 0.3 is 6.18 Å². The predicted molar refractivity (Wildman–Crippen MR) is 71.0 cm³/mol. The first kappa shape index (κ1) is 16.5. The molecule has 6 heteroatoms. The Hall–Kier alpha value is -1.56. The molecule has 0 atom stereocenters. The van der Waals surface area contributed by atoms with Crippen LogP contribution in [0.25, 0.3) is 0 Å². The molecule has 1 amide bonds. The highest BCUT2D eigenvalue weighted by Gasteiger charge is 2.29. The molecule has 0 spiro atoms. The van der Waals surface area contributed by atoms with E-state index in [0.717, 1.165) is 12.1 Å². The van der Waals surface area contributed by atoms with Gasteiger partial charge in [0.05, 0.1) is 5.56 Å². The van der Waals surface area contributed by atoms with Gasteiger partial charge in [0.15, 0.2) is 0 Å². The van der Waals surface area contributed by atoms with Crippen molar-refractivity contribution in [3.05, 3.63) is 35.4 Å². The number of nitrogens with one attached hydrogen (secondary N) is 2. The number of amides is 1. The van der Waals surface area contributed by atoms with E-state index in [9.17, 15) is 18.0 Å². The third-order valence-electron chi connectivity index (χ3n) is 2.68. The molecule has 0 aliphatic rings. The molecule has 112 valence electrons. The molecule has 0 aliphatic heterocycles. The maximum absolute atomic E-state index is 12.4. The lowest BCUT2D eigenvalue weighted by atomic mass is 10.1. The van der Waals surface area contributed by atoms with E-state index in [2.05, 4.69) is 10.6 Å². The molecule has 0 bridgehead atoms. The Morgan fingerprint density at radius 1 is 1.20 bits per heavy atom. The average molecular weight is 288 g/mol. The van der Waals surface area contributed by atoms with Gasteiger partial charge in [-0.1, -0.05) is 26.0 Å². The molecular formula is C14H19F3N2O. The zero-order valence-corrected chi connectivity index (χ0v) is 11.6. The number of halogens is 3. The number of carbonyl (C=O) groups is 1. The van der Waals surface area contributed by atoms with Crippen LogP contribution in [-0.4, -0.2) is 18.5 Å². The number of benzene rings is 1. The Morgan fingerprint density at radius 2 is 1.80 bits per heavy atom. The topological polar surface area (TPSA) is 41.1 Å². The minimum atomic E-state index is -4.33. The van der Waals surface area contributed by atoms with Crippen molar-refractivity contribution < 1.29 is 18.0 Å². The summed E-state index contributed by atoms with van der Waals surface area (Å²) in [7, 11) is 0. The van der Waals surface area contributed by atoms with Gasteiger partial charge in [0.1, 0.15) is 0 Å². The lowest BCUT2D eigenvalue weighted by Gasteiger charge is -2.10. The van der Waals surface area contributed by atoms with E-state index >= 15 is 0 Å². The fraction of sp³-hybridized carbons (Fsp3) is 0.500. The van der Waals surface area contributed by atoms with Crippen molar-refractivity contribution in [2.24, 2.45) is 0 Å². The average Bonchev–Trinajstić information content (AvgIpc) is 2.35. The van der Waals surface area contributed by atoms with Crippen molar-refractivity contribution in [3.8, 4) is 0 Å². The summed E-state index contributed by atoms with van der Waals surface area (Å²) in [6.07, 6.45) is -3.98. The van der Waals surface area contributed by atoms with Crippen LogP contribution in [0.15, 0.2) is 24.3 Å². The second-order valence-electron chi connectivity index (χ2n) is 4.83. The molecule has 0 heterocycles. The van der Waals surface area contributed by atoms with E-state index in [0.29, 0.717) is 24.6 Å². The number of hydrogen-bond donors (Lipinski definition) is 2. The molecule has 0 saturated heterocycles. The second-order valence-corrected chi connectivity index (χ2v) is 4.83. The minimum absolute atomic E-state index is 0.127. The molecule has 1 aromatic rings. The summed E-state index contributed by atoms with van der Waals surface area (Å²) in [4.78, 5) is 11.5. The first-order chi connectivity index (χ1) is 9.29. The van der Waals surface area contributed by atoms with Crippen molar-refractivity contribution in [1.29, 1.82) is 0 Å². The van der Waals surface area contributed by atoms with E-state index in [1.165, 1.54) is 12.1 Å². The van der Waals surface area contributed by atoms with Crippen LogP contribution in [0.4, 0.5) is 13.2 Å². The van der Waals surface area contributed by atoms with E-state index < -0.39 is 11.7 Å². The first-order valence-corrected chi connectivity index (χ1v) is 6.45. The quantitative estimate of drug-likeness (QED) is 0.845. The highest BCUT2D eigenvalue weighted by atomic mass is 19.4. The standard InChI is InChI=1S/C14H19F3N2O/c1-10(2)18-8-7-13(20)19-9-11-3-5-12(6-4-11)14(15,16)17/h3-6,10,18H,7-9H2,1-2H3,(H,19,20). The van der Waals surface area contributed by atoms with Crippen molar-refractivity contribution in [1.82, 2.24) is 10.6 Å². The number of rotatable bonds is 6. The molecule has 0 fully saturated rings. The lowest BCUT2D eigenvalue weighted by Crippen LogP contribution is -2.30. The number of alkyl halides is 3. The van der Waals surface area contributed by atoms with Crippen LogP contribution < -0.4 is 10.6 Å². The zero-order valence-electron chi connectivity index (χ0n) is 11.6. The summed E-state index contributed by atoms with van der Waals surface area (Å²) in [5.41, 5.74) is -0.0446. The highest BCUT2D eigenvalue weighted by Crippen LogP contribution is 2.28. The summed E-state index contributed by atoms with van der Waals surface area (Å²) in [6, 6.07) is 5.09. The summed E-state index contributed by atoms with van der Waals surface area (Å²) in [5.74, 6) is -0.127. The van der Waals surface area contributed by atoms with Crippen LogP contribution in [0.2, 0.25) is 0 Å². The van der Waals surface area contributed by atoms with Gasteiger partial charge in [-0.15, -0.1) is 0 Å². The monoisotopic (exact) mass is 288 g/mol. The number of carbonyl (C=O) groups excluding carboxylic acids is 1. The summed E-state index contributed by atoms with van der Waals surface area (Å²) >= 11 is 0. The Balaban J connectivity index is 2.37. The highest BCUT2D eigenvalue weighted by molar-refractivity contribution is 5.76. The Bertz CT molecular complexity index is 427. The van der Waals surface area contributed by atoms with Gasteiger partial charge in [-0.05, 0) is 17.7 Å². The lowest BCUT2D eigenvalue weighted by molar-refractivity contribution is -0.137. The zero-order chi connectivity index (χ0) is 15.2. The molecule has 20 heavy (non-hydrogen) atoms. The van der Waals surface area contributed by atoms with Crippen LogP contribution >= 0.6 is 0 Å². The Kier molecular flexibility index (Phi) is 6.01. The summed E-state index contributed by atoms with van der Waals surface area (Å²) in [5, 5.41) is 5.78. The summed E-state index contributed by atoms with van der Waals surface area (Å²) < 4.78 is 37.1. The molecule has 0 radical (unpaired) electrons. The van der Waals surface area contributed by atoms with Gasteiger partial charge in [0.25, 0.3) is 0 Å². The molecule has 0 saturated carbocycles. The van der Waals surface area contributed by atoms with Gasteiger partial charge in [-0.3, -0.25) is 4.79 Å². The van der Waals surface area contributed by atoms with Crippen molar-refractivity contribution in [3.63, 3.8) is 0 Å². The SMILES string of the molecule is CC(C)NCCC(=O)NCc1ccc(C(F)(F)F)cc1. The Morgan fingerprint density at radius 3 is 2.30 bits per heavy atom. The number of hydrogen-bond acceptors (Lipinski definition) is 2. The summed E-state index contributed by atoms with van der Waals surface area (Å²) in [6.45, 7) is 4.79. The smallest absolute Gasteiger partial charge is 0.352 e. The molecule has 0 aromatic heterocycles. The fourth-order valence-corrected chi connectivity index (χ4v) is 1.57. The van der Waals surface area contributed by atoms with Gasteiger partial charge in [0.2, 0.25) is 5.91 Å². The van der Waals surface area contributed by atoms with Gasteiger partial charge in [-0.25, -0.2) is 0 Å². The maximum Gasteiger partial charge on any atom is 0.416 e. The van der Waals surface area contributed by atoms with Crippen molar-refractivity contribution in [2.45, 2.75) is 39.0 Å². The molecule has 2 N–H and O–H groups in total. The van der Waals surface area contributed by atoms with E-state index in [1.807, 2.05) is 13.8 Å². The largest absolute Gasteiger partial charge is 0.416 e. The molecule has 0 unspecified atom stereocenters. The van der Waals surface area contributed by atoms with Crippen molar-refractivity contribution >= 4 is 5.91 Å². The fourth-order valence-electron chi connectivity index (χ4n) is 1.57. The van der Waals surface area contributed by atoms with Crippen LogP contribution in [0.3, 0.4) is 0 Å². The minimum Gasteiger partial charge on any atom is -0.352 e. The molecule has 1 aromatic carbocycles. The van der Waals surface area contributed by atoms with Crippen LogP contribution in [0, 0.1) is 0 Å². The second kappa shape index (κ2) is 7.28. The van der Waals surface area contributed by atoms with Crippen LogP contribution in [0.5, 0.6) is 0 Å². The molecule has 1 rings (SSSR count). The van der Waals surface area contributed by atoms with E-state index in [4.69, 9.17) is 0 Å². The third kappa shape index (κ3) is 6.06. The van der Waals surface area contributed by atoms with E-state index in [1.54, 1.807) is 0 Å². The normalized spacial score (nSPS) is 11.7. The van der Waals surface area contributed by atoms with Gasteiger partial charge < -0.3 is 10.6 Å². The van der Waals surface area contributed by atoms with E-state index in [-0.39, 0.29) is 12.5 Å². The van der Waals surface area contributed by atoms with Gasteiger partial charge in [-0.2, -0.15) is 13.2 Å². The molecule has 3 nitrogen and oxygen atoms in total. The predicted octanol–water partition coefficient (Wildman–Crippen LogP) is 2.71. The van der Waals surface area contributed by atoms with Crippen molar-refractivity contribution in [2.75, 3.05) is 6.54 Å². The molecule has 0 aliphatic carbocycles. The maximum atomic E-state index is 12.4. The van der Waals surface area contributed by atoms with Crippen LogP contribution in [-0.2, 0) is 17.5 Å². The van der Waals surface area contributed by atoms with Gasteiger partial charge in [0, 0.05) is 25.6 Å². The molecular weight excluding hydrogens is 269 g/mol. The van der Waals surface area contributed by atoms with Crippen LogP contribution in [0.1, 0.15) is 31.4 Å². The Labute approximate surface area is 116 Å². The third-order valence-corrected chi connectivity index (χ3v) is 2.68.